The van der Waals surface area contributed by atoms with Crippen molar-refractivity contribution >= 4 is 11.9 Å². The molecule has 1 rings (SSSR count). The van der Waals surface area contributed by atoms with Crippen LogP contribution < -0.4 is 14.2 Å². The molecular weight excluding hydrogens is 416 g/mol. The molecule has 0 N–H and O–H groups in total. The van der Waals surface area contributed by atoms with Gasteiger partial charge in [0, 0.05) is 12.8 Å². The fourth-order valence-corrected chi connectivity index (χ4v) is 3.59. The summed E-state index contributed by atoms with van der Waals surface area (Å²) in [5.41, 5.74) is 0. The molecule has 0 aromatic heterocycles. The highest BCUT2D eigenvalue weighted by atomic mass is 16.6. The van der Waals surface area contributed by atoms with E-state index in [0.29, 0.717) is 25.2 Å². The van der Waals surface area contributed by atoms with E-state index < -0.39 is 0 Å². The van der Waals surface area contributed by atoms with Crippen LogP contribution >= 0.6 is 0 Å². The lowest BCUT2D eigenvalue weighted by Crippen LogP contribution is -2.13. The predicted molar refractivity (Wildman–Crippen MR) is 134 cm³/mol. The van der Waals surface area contributed by atoms with Gasteiger partial charge in [-0.1, -0.05) is 97.5 Å². The third-order valence-electron chi connectivity index (χ3n) is 5.61. The first kappa shape index (κ1) is 29.0. The van der Waals surface area contributed by atoms with Gasteiger partial charge in [0.2, 0.25) is 5.75 Å². The number of benzene rings is 1. The minimum Gasteiger partial charge on any atom is -0.490 e. The zero-order chi connectivity index (χ0) is 24.2. The SMILES string of the molecule is CCCCCCCCCCOc1cccc(OC(=O)CCCCC)c1OC(=O)CCCCC. The van der Waals surface area contributed by atoms with Gasteiger partial charge >= 0.3 is 11.9 Å². The number of ether oxygens (including phenoxy) is 3. The summed E-state index contributed by atoms with van der Waals surface area (Å²) in [7, 11) is 0. The van der Waals surface area contributed by atoms with Crippen LogP contribution in [0.4, 0.5) is 0 Å². The molecule has 0 radical (unpaired) electrons. The Morgan fingerprint density at radius 2 is 1.09 bits per heavy atom. The van der Waals surface area contributed by atoms with Crippen LogP contribution in [0.25, 0.3) is 0 Å². The van der Waals surface area contributed by atoms with E-state index in [9.17, 15) is 9.59 Å². The van der Waals surface area contributed by atoms with E-state index in [2.05, 4.69) is 20.8 Å². The van der Waals surface area contributed by atoms with Gasteiger partial charge in [0.1, 0.15) is 0 Å². The van der Waals surface area contributed by atoms with Gasteiger partial charge in [0.25, 0.3) is 0 Å². The van der Waals surface area contributed by atoms with Crippen molar-refractivity contribution in [1.82, 2.24) is 0 Å². The fourth-order valence-electron chi connectivity index (χ4n) is 3.59. The monoisotopic (exact) mass is 462 g/mol. The summed E-state index contributed by atoms with van der Waals surface area (Å²) in [6.07, 6.45) is 16.0. The lowest BCUT2D eigenvalue weighted by Gasteiger charge is -2.15. The van der Waals surface area contributed by atoms with E-state index in [1.54, 1.807) is 18.2 Å². The Kier molecular flexibility index (Phi) is 17.1. The maximum absolute atomic E-state index is 12.4. The molecule has 1 aromatic carbocycles. The Hall–Kier alpha value is -2.04. The van der Waals surface area contributed by atoms with Crippen LogP contribution in [0.5, 0.6) is 17.2 Å². The molecule has 0 bridgehead atoms. The quantitative estimate of drug-likeness (QED) is 0.111. The van der Waals surface area contributed by atoms with E-state index in [1.165, 1.54) is 38.5 Å². The molecule has 0 atom stereocenters. The highest BCUT2D eigenvalue weighted by Crippen LogP contribution is 2.38. The number of rotatable bonds is 20. The van der Waals surface area contributed by atoms with E-state index in [-0.39, 0.29) is 23.4 Å². The first-order valence-electron chi connectivity index (χ1n) is 13.3. The molecule has 0 heterocycles. The lowest BCUT2D eigenvalue weighted by molar-refractivity contribution is -0.137. The van der Waals surface area contributed by atoms with Gasteiger partial charge in [-0.15, -0.1) is 0 Å². The summed E-state index contributed by atoms with van der Waals surface area (Å²) in [5, 5.41) is 0. The number of esters is 2. The summed E-state index contributed by atoms with van der Waals surface area (Å²) in [4.78, 5) is 24.7. The zero-order valence-electron chi connectivity index (χ0n) is 21.3. The maximum Gasteiger partial charge on any atom is 0.311 e. The largest absolute Gasteiger partial charge is 0.490 e. The van der Waals surface area contributed by atoms with E-state index in [4.69, 9.17) is 14.2 Å². The molecule has 0 aliphatic heterocycles. The van der Waals surface area contributed by atoms with Gasteiger partial charge in [-0.25, -0.2) is 0 Å². The molecule has 0 unspecified atom stereocenters. The van der Waals surface area contributed by atoms with Crippen molar-refractivity contribution in [3.63, 3.8) is 0 Å². The van der Waals surface area contributed by atoms with Crippen molar-refractivity contribution in [2.45, 2.75) is 124 Å². The smallest absolute Gasteiger partial charge is 0.311 e. The van der Waals surface area contributed by atoms with Gasteiger partial charge in [-0.05, 0) is 31.4 Å². The Morgan fingerprint density at radius 1 is 0.606 bits per heavy atom. The van der Waals surface area contributed by atoms with Gasteiger partial charge in [0.15, 0.2) is 11.5 Å². The van der Waals surface area contributed by atoms with Crippen LogP contribution in [-0.2, 0) is 9.59 Å². The van der Waals surface area contributed by atoms with Crippen molar-refractivity contribution < 1.29 is 23.8 Å². The molecule has 33 heavy (non-hydrogen) atoms. The second-order valence-corrected chi connectivity index (χ2v) is 8.77. The Balaban J connectivity index is 2.67. The molecule has 0 fully saturated rings. The van der Waals surface area contributed by atoms with Crippen LogP contribution in [0.1, 0.15) is 124 Å². The third kappa shape index (κ3) is 14.0. The van der Waals surface area contributed by atoms with Crippen molar-refractivity contribution in [1.29, 1.82) is 0 Å². The van der Waals surface area contributed by atoms with Gasteiger partial charge < -0.3 is 14.2 Å². The summed E-state index contributed by atoms with van der Waals surface area (Å²) < 4.78 is 17.2. The van der Waals surface area contributed by atoms with Crippen LogP contribution in [0, 0.1) is 0 Å². The average molecular weight is 463 g/mol. The predicted octanol–water partition coefficient (Wildman–Crippen LogP) is 8.18. The lowest BCUT2D eigenvalue weighted by atomic mass is 10.1. The first-order chi connectivity index (χ1) is 16.1. The molecule has 0 aliphatic carbocycles. The van der Waals surface area contributed by atoms with Crippen molar-refractivity contribution in [2.75, 3.05) is 6.61 Å². The van der Waals surface area contributed by atoms with Gasteiger partial charge in [-0.2, -0.15) is 0 Å². The highest BCUT2D eigenvalue weighted by Gasteiger charge is 2.19. The van der Waals surface area contributed by atoms with Crippen LogP contribution in [0.2, 0.25) is 0 Å². The molecule has 5 nitrogen and oxygen atoms in total. The van der Waals surface area contributed by atoms with Gasteiger partial charge in [0.05, 0.1) is 6.61 Å². The van der Waals surface area contributed by atoms with Crippen LogP contribution in [0.15, 0.2) is 18.2 Å². The molecule has 188 valence electrons. The number of carbonyl (C=O) groups is 2. The molecule has 0 amide bonds. The molecule has 0 saturated carbocycles. The van der Waals surface area contributed by atoms with Crippen molar-refractivity contribution in [2.24, 2.45) is 0 Å². The summed E-state index contributed by atoms with van der Waals surface area (Å²) >= 11 is 0. The normalized spacial score (nSPS) is 10.8. The molecular formula is C28H46O5. The zero-order valence-corrected chi connectivity index (χ0v) is 21.3. The topological polar surface area (TPSA) is 61.8 Å². The maximum atomic E-state index is 12.4. The average Bonchev–Trinajstić information content (AvgIpc) is 2.80. The van der Waals surface area contributed by atoms with Crippen LogP contribution in [0.3, 0.4) is 0 Å². The molecule has 5 heteroatoms. The van der Waals surface area contributed by atoms with Crippen molar-refractivity contribution in [3.8, 4) is 17.2 Å². The van der Waals surface area contributed by atoms with E-state index in [0.717, 1.165) is 51.4 Å². The number of carbonyl (C=O) groups excluding carboxylic acids is 2. The number of para-hydroxylation sites is 1. The Labute approximate surface area is 201 Å². The number of hydrogen-bond acceptors (Lipinski definition) is 5. The van der Waals surface area contributed by atoms with Gasteiger partial charge in [-0.3, -0.25) is 9.59 Å². The Bertz CT molecular complexity index is 656. The number of hydrogen-bond donors (Lipinski definition) is 0. The van der Waals surface area contributed by atoms with Crippen molar-refractivity contribution in [3.05, 3.63) is 18.2 Å². The highest BCUT2D eigenvalue weighted by molar-refractivity contribution is 5.77. The standard InChI is InChI=1S/C28H46O5/c1-4-7-10-11-12-13-14-17-23-31-24-19-18-20-25(32-26(29)21-15-8-5-2)28(24)33-27(30)22-16-9-6-3/h18-20H,4-17,21-23H2,1-3H3. The Morgan fingerprint density at radius 3 is 1.70 bits per heavy atom. The summed E-state index contributed by atoms with van der Waals surface area (Å²) in [6.45, 7) is 6.96. The minimum absolute atomic E-state index is 0.224. The molecule has 0 saturated heterocycles. The molecule has 1 aromatic rings. The number of unbranched alkanes of at least 4 members (excludes halogenated alkanes) is 11. The minimum atomic E-state index is -0.324. The van der Waals surface area contributed by atoms with E-state index >= 15 is 0 Å². The summed E-state index contributed by atoms with van der Waals surface area (Å²) in [6, 6.07) is 5.20. The summed E-state index contributed by atoms with van der Waals surface area (Å²) in [5.74, 6) is 0.304. The second-order valence-electron chi connectivity index (χ2n) is 8.77. The molecule has 0 spiro atoms. The van der Waals surface area contributed by atoms with E-state index in [1.807, 2.05) is 0 Å². The third-order valence-corrected chi connectivity index (χ3v) is 5.61. The second kappa shape index (κ2) is 19.4. The van der Waals surface area contributed by atoms with Crippen LogP contribution in [-0.4, -0.2) is 18.5 Å². The first-order valence-corrected chi connectivity index (χ1v) is 13.3. The molecule has 0 aliphatic rings. The fraction of sp³-hybridized carbons (Fsp3) is 0.714.